The Balaban J connectivity index is 1.43. The first-order valence-electron chi connectivity index (χ1n) is 11.5. The Kier molecular flexibility index (Phi) is 6.78. The van der Waals surface area contributed by atoms with Crippen LogP contribution in [-0.2, 0) is 0 Å². The van der Waals surface area contributed by atoms with Gasteiger partial charge >= 0.3 is 0 Å². The highest BCUT2D eigenvalue weighted by Gasteiger charge is 2.41. The monoisotopic (exact) mass is 492 g/mol. The summed E-state index contributed by atoms with van der Waals surface area (Å²) < 4.78 is 0. The molecule has 0 bridgehead atoms. The van der Waals surface area contributed by atoms with Crippen LogP contribution in [0, 0.1) is 12.8 Å². The molecular formula is C25H28N6O3S. The number of aryl methyl sites for hydroxylation is 1. The third-order valence-corrected chi connectivity index (χ3v) is 7.20. The van der Waals surface area contributed by atoms with Crippen molar-refractivity contribution in [3.63, 3.8) is 0 Å². The zero-order chi connectivity index (χ0) is 24.4. The molecule has 2 aliphatic rings. The van der Waals surface area contributed by atoms with Crippen LogP contribution in [0.1, 0.15) is 17.1 Å². The van der Waals surface area contributed by atoms with Crippen molar-refractivity contribution in [2.45, 2.75) is 31.6 Å². The van der Waals surface area contributed by atoms with Gasteiger partial charge in [-0.2, -0.15) is 0 Å². The van der Waals surface area contributed by atoms with Gasteiger partial charge in [0.25, 0.3) is 0 Å². The molecule has 2 aromatic heterocycles. The summed E-state index contributed by atoms with van der Waals surface area (Å²) >= 11 is 1.53. The van der Waals surface area contributed by atoms with Crippen molar-refractivity contribution in [1.82, 2.24) is 20.6 Å². The molecule has 0 amide bonds. The number of benzene rings is 1. The fraction of sp³-hybridized carbons (Fsp3) is 0.320. The Morgan fingerprint density at radius 2 is 1.97 bits per heavy atom. The van der Waals surface area contributed by atoms with Crippen molar-refractivity contribution in [1.29, 1.82) is 0 Å². The van der Waals surface area contributed by atoms with Crippen LogP contribution in [0.15, 0.2) is 64.9 Å². The molecule has 4 atom stereocenters. The van der Waals surface area contributed by atoms with Crippen LogP contribution >= 0.6 is 11.3 Å². The van der Waals surface area contributed by atoms with E-state index in [1.54, 1.807) is 6.20 Å². The standard InChI is InChI=1S/C25H28N6O3S/c1-14-9-17(7-8-26-14)28-25-27-11-18(24-30-20(13-35-24)15-5-3-2-4-6-15)23(31-25)29-19-10-16(12-32)21(33)22(19)34/h2-9,13,16,19,21-22,29,32-34H,10-12H2,1H3,(H2,26,27,28,31)/t16-,19-,21-,22+/m1/s1. The average Bonchev–Trinajstić information content (AvgIpc) is 3.46. The third kappa shape index (κ3) is 5.06. The molecule has 6 N–H and O–H groups in total. The van der Waals surface area contributed by atoms with Crippen LogP contribution in [0.3, 0.4) is 0 Å². The molecule has 10 heteroatoms. The number of hydrogen-bond donors (Lipinski definition) is 6. The summed E-state index contributed by atoms with van der Waals surface area (Å²) in [5.74, 6) is 0.830. The molecule has 1 aliphatic carbocycles. The summed E-state index contributed by atoms with van der Waals surface area (Å²) in [5, 5.41) is 43.3. The maximum atomic E-state index is 10.6. The van der Waals surface area contributed by atoms with Gasteiger partial charge in [-0.1, -0.05) is 30.3 Å². The summed E-state index contributed by atoms with van der Waals surface area (Å²) in [6.45, 7) is 2.11. The largest absolute Gasteiger partial charge is 0.396 e. The first-order chi connectivity index (χ1) is 17.0. The summed E-state index contributed by atoms with van der Waals surface area (Å²) in [6, 6.07) is 13.3. The number of anilines is 1. The van der Waals surface area contributed by atoms with Crippen LogP contribution in [0.25, 0.3) is 16.8 Å². The molecule has 0 radical (unpaired) electrons. The quantitative estimate of drug-likeness (QED) is 0.307. The molecule has 182 valence electrons. The highest BCUT2D eigenvalue weighted by atomic mass is 32.1. The number of nitrogens with one attached hydrogen (secondary N) is 3. The molecule has 5 rings (SSSR count). The van der Waals surface area contributed by atoms with Gasteiger partial charge in [0.05, 0.1) is 24.4 Å². The molecule has 1 fully saturated rings. The maximum absolute atomic E-state index is 10.6. The van der Waals surface area contributed by atoms with Crippen molar-refractivity contribution in [3.05, 3.63) is 70.6 Å². The first-order valence-corrected chi connectivity index (χ1v) is 12.4. The highest BCUT2D eigenvalue weighted by molar-refractivity contribution is 7.11. The van der Waals surface area contributed by atoms with E-state index in [0.29, 0.717) is 24.7 Å². The Morgan fingerprint density at radius 3 is 2.71 bits per heavy atom. The van der Waals surface area contributed by atoms with Crippen molar-refractivity contribution >= 4 is 28.6 Å². The summed E-state index contributed by atoms with van der Waals surface area (Å²) in [7, 11) is 0. The van der Waals surface area contributed by atoms with E-state index in [1.807, 2.05) is 54.8 Å². The van der Waals surface area contributed by atoms with Crippen molar-refractivity contribution < 1.29 is 15.3 Å². The molecule has 0 spiro atoms. The van der Waals surface area contributed by atoms with E-state index >= 15 is 0 Å². The molecule has 35 heavy (non-hydrogen) atoms. The lowest BCUT2D eigenvalue weighted by molar-refractivity contribution is 0.000577. The first kappa shape index (κ1) is 23.4. The van der Waals surface area contributed by atoms with Crippen LogP contribution in [0.5, 0.6) is 0 Å². The van der Waals surface area contributed by atoms with Gasteiger partial charge in [-0.25, -0.2) is 9.98 Å². The Hall–Kier alpha value is -3.31. The summed E-state index contributed by atoms with van der Waals surface area (Å²) in [6.07, 6.45) is 0.180. The van der Waals surface area contributed by atoms with E-state index in [9.17, 15) is 15.3 Å². The van der Waals surface area contributed by atoms with Crippen molar-refractivity contribution in [2.24, 2.45) is 10.9 Å². The minimum atomic E-state index is -1.00. The number of thiazole rings is 1. The number of nitrogens with zero attached hydrogens (tertiary/aromatic N) is 3. The number of pyridine rings is 1. The number of guanidine groups is 1. The van der Waals surface area contributed by atoms with Crippen molar-refractivity contribution in [3.8, 4) is 11.3 Å². The normalized spacial score (nSPS) is 24.2. The molecule has 1 aliphatic heterocycles. The molecule has 0 saturated heterocycles. The Bertz CT molecular complexity index is 1240. The summed E-state index contributed by atoms with van der Waals surface area (Å²) in [5.41, 5.74) is 4.52. The van der Waals surface area contributed by atoms with Crippen LogP contribution < -0.4 is 16.0 Å². The van der Waals surface area contributed by atoms with E-state index < -0.39 is 18.2 Å². The van der Waals surface area contributed by atoms with Crippen LogP contribution in [-0.4, -0.2) is 62.6 Å². The minimum absolute atomic E-state index is 0.182. The van der Waals surface area contributed by atoms with Gasteiger partial charge in [0, 0.05) is 46.6 Å². The predicted octanol–water partition coefficient (Wildman–Crippen LogP) is 1.95. The second-order valence-electron chi connectivity index (χ2n) is 8.77. The minimum Gasteiger partial charge on any atom is -0.396 e. The van der Waals surface area contributed by atoms with E-state index in [-0.39, 0.29) is 12.5 Å². The number of rotatable bonds is 6. The van der Waals surface area contributed by atoms with Crippen molar-refractivity contribution in [2.75, 3.05) is 18.5 Å². The molecule has 3 heterocycles. The summed E-state index contributed by atoms with van der Waals surface area (Å²) in [4.78, 5) is 13.7. The molecule has 1 saturated carbocycles. The lowest BCUT2D eigenvalue weighted by Gasteiger charge is -2.27. The highest BCUT2D eigenvalue weighted by Crippen LogP contribution is 2.31. The fourth-order valence-corrected chi connectivity index (χ4v) is 5.26. The molecule has 9 nitrogen and oxygen atoms in total. The number of aliphatic hydroxyl groups excluding tert-OH is 3. The predicted molar refractivity (Wildman–Crippen MR) is 137 cm³/mol. The number of aromatic nitrogens is 2. The van der Waals surface area contributed by atoms with Gasteiger partial charge in [0.2, 0.25) is 5.96 Å². The van der Waals surface area contributed by atoms with E-state index in [0.717, 1.165) is 33.2 Å². The van der Waals surface area contributed by atoms with Gasteiger partial charge in [0.1, 0.15) is 16.9 Å². The fourth-order valence-electron chi connectivity index (χ4n) is 4.39. The lowest BCUT2D eigenvalue weighted by atomic mass is 10.1. The lowest BCUT2D eigenvalue weighted by Crippen LogP contribution is -2.47. The van der Waals surface area contributed by atoms with Crippen LogP contribution in [0.2, 0.25) is 0 Å². The Labute approximate surface area is 207 Å². The molecule has 0 unspecified atom stereocenters. The van der Waals surface area contributed by atoms with Gasteiger partial charge in [-0.3, -0.25) is 4.98 Å². The molecular weight excluding hydrogens is 464 g/mol. The van der Waals surface area contributed by atoms with E-state index in [1.165, 1.54) is 11.3 Å². The second-order valence-corrected chi connectivity index (χ2v) is 9.63. The molecule has 3 aromatic rings. The SMILES string of the molecule is Cc1cc(NC2=NCC(c3nc(-c4ccccc4)cs3)=C(N[C@@H]3C[C@H](CO)[C@@H](O)[C@H]3O)N2)ccn1. The smallest absolute Gasteiger partial charge is 0.201 e. The number of hydrogen-bond acceptors (Lipinski definition) is 10. The van der Waals surface area contributed by atoms with E-state index in [4.69, 9.17) is 4.98 Å². The number of aliphatic hydroxyl groups is 3. The van der Waals surface area contributed by atoms with Gasteiger partial charge in [-0.15, -0.1) is 11.3 Å². The molecule has 1 aromatic carbocycles. The van der Waals surface area contributed by atoms with E-state index in [2.05, 4.69) is 25.9 Å². The topological polar surface area (TPSA) is 135 Å². The zero-order valence-corrected chi connectivity index (χ0v) is 20.0. The van der Waals surface area contributed by atoms with Crippen LogP contribution in [0.4, 0.5) is 5.69 Å². The van der Waals surface area contributed by atoms with Gasteiger partial charge in [-0.05, 0) is 25.5 Å². The average molecular weight is 493 g/mol. The third-order valence-electron chi connectivity index (χ3n) is 6.30. The van der Waals surface area contributed by atoms with Gasteiger partial charge in [0.15, 0.2) is 0 Å². The second kappa shape index (κ2) is 10.1. The number of aliphatic imine (C=N–C) groups is 1. The van der Waals surface area contributed by atoms with Gasteiger partial charge < -0.3 is 31.3 Å². The zero-order valence-electron chi connectivity index (χ0n) is 19.2. The Morgan fingerprint density at radius 1 is 1.14 bits per heavy atom. The maximum Gasteiger partial charge on any atom is 0.201 e.